The van der Waals surface area contributed by atoms with Gasteiger partial charge in [0.15, 0.2) is 0 Å². The molecule has 138 valence electrons. The maximum atomic E-state index is 6.12. The molecule has 3 aromatic rings. The zero-order chi connectivity index (χ0) is 18.4. The van der Waals surface area contributed by atoms with E-state index in [0.717, 1.165) is 22.9 Å². The van der Waals surface area contributed by atoms with Crippen LogP contribution in [0, 0.1) is 0 Å². The molecule has 0 saturated carbocycles. The zero-order valence-electron chi connectivity index (χ0n) is 15.3. The van der Waals surface area contributed by atoms with Gasteiger partial charge in [0, 0.05) is 22.7 Å². The summed E-state index contributed by atoms with van der Waals surface area (Å²) in [6.45, 7) is 0. The van der Waals surface area contributed by atoms with Crippen molar-refractivity contribution in [3.05, 3.63) is 71.1 Å². The van der Waals surface area contributed by atoms with E-state index in [4.69, 9.17) is 21.1 Å². The highest BCUT2D eigenvalue weighted by Gasteiger charge is 2.48. The topological polar surface area (TPSA) is 42.2 Å². The van der Waals surface area contributed by atoms with Crippen LogP contribution in [0.25, 0.3) is 11.4 Å². The van der Waals surface area contributed by atoms with Crippen LogP contribution in [0.1, 0.15) is 42.6 Å². The molecule has 2 saturated heterocycles. The first-order chi connectivity index (χ1) is 13.2. The maximum absolute atomic E-state index is 6.12. The van der Waals surface area contributed by atoms with Crippen molar-refractivity contribution >= 4 is 11.6 Å². The third kappa shape index (κ3) is 2.97. The van der Waals surface area contributed by atoms with E-state index in [-0.39, 0.29) is 5.92 Å². The van der Waals surface area contributed by atoms with Gasteiger partial charge in [-0.1, -0.05) is 59.2 Å². The largest absolute Gasteiger partial charge is 0.339 e. The van der Waals surface area contributed by atoms with Gasteiger partial charge in [-0.05, 0) is 49.9 Å². The number of benzene rings is 2. The van der Waals surface area contributed by atoms with Crippen LogP contribution in [0.15, 0.2) is 59.1 Å². The first-order valence-electron chi connectivity index (χ1n) is 9.57. The second kappa shape index (κ2) is 6.77. The molecule has 0 spiro atoms. The minimum atomic E-state index is 0.208. The first kappa shape index (κ1) is 17.0. The molecule has 2 aliphatic heterocycles. The number of piperidine rings is 1. The van der Waals surface area contributed by atoms with Gasteiger partial charge in [0.2, 0.25) is 11.7 Å². The Kier molecular flexibility index (Phi) is 4.25. The third-order valence-electron chi connectivity index (χ3n) is 6.33. The van der Waals surface area contributed by atoms with Gasteiger partial charge in [0.05, 0.1) is 5.92 Å². The van der Waals surface area contributed by atoms with E-state index in [0.29, 0.717) is 23.8 Å². The SMILES string of the molecule is CN1[C@H]2CC[C@@H]1[C@@H](c1nc(-c3ccccc3)no1)[C@@H](c1ccc(Cl)cc1)C2. The molecule has 1 aromatic heterocycles. The molecule has 2 bridgehead atoms. The van der Waals surface area contributed by atoms with E-state index < -0.39 is 0 Å². The van der Waals surface area contributed by atoms with E-state index in [1.165, 1.54) is 18.4 Å². The van der Waals surface area contributed by atoms with Crippen molar-refractivity contribution in [2.75, 3.05) is 7.05 Å². The second-order valence-electron chi connectivity index (χ2n) is 7.71. The summed E-state index contributed by atoms with van der Waals surface area (Å²) in [6.07, 6.45) is 3.53. The fraction of sp³-hybridized carbons (Fsp3) is 0.364. The van der Waals surface area contributed by atoms with Crippen molar-refractivity contribution < 1.29 is 4.52 Å². The summed E-state index contributed by atoms with van der Waals surface area (Å²) in [5.41, 5.74) is 2.30. The van der Waals surface area contributed by atoms with Gasteiger partial charge in [0.1, 0.15) is 0 Å². The van der Waals surface area contributed by atoms with Gasteiger partial charge < -0.3 is 4.52 Å². The molecule has 0 radical (unpaired) electrons. The molecule has 3 heterocycles. The van der Waals surface area contributed by atoms with Crippen LogP contribution >= 0.6 is 11.6 Å². The lowest BCUT2D eigenvalue weighted by atomic mass is 9.76. The second-order valence-corrected chi connectivity index (χ2v) is 8.14. The van der Waals surface area contributed by atoms with Crippen molar-refractivity contribution in [1.29, 1.82) is 0 Å². The lowest BCUT2D eigenvalue weighted by molar-refractivity contribution is 0.120. The van der Waals surface area contributed by atoms with Crippen molar-refractivity contribution in [1.82, 2.24) is 15.0 Å². The Hall–Kier alpha value is -2.17. The predicted molar refractivity (Wildman–Crippen MR) is 106 cm³/mol. The predicted octanol–water partition coefficient (Wildman–Crippen LogP) is 5.12. The van der Waals surface area contributed by atoms with Crippen molar-refractivity contribution in [2.24, 2.45) is 0 Å². The van der Waals surface area contributed by atoms with Gasteiger partial charge in [-0.15, -0.1) is 0 Å². The van der Waals surface area contributed by atoms with E-state index in [1.54, 1.807) is 0 Å². The highest BCUT2D eigenvalue weighted by atomic mass is 35.5. The van der Waals surface area contributed by atoms with Crippen molar-refractivity contribution in [3.8, 4) is 11.4 Å². The smallest absolute Gasteiger partial charge is 0.232 e. The van der Waals surface area contributed by atoms with Crippen LogP contribution in [0.4, 0.5) is 0 Å². The molecular weight excluding hydrogens is 358 g/mol. The summed E-state index contributed by atoms with van der Waals surface area (Å²) < 4.78 is 5.82. The van der Waals surface area contributed by atoms with Crippen molar-refractivity contribution in [2.45, 2.75) is 43.2 Å². The molecule has 2 aromatic carbocycles. The van der Waals surface area contributed by atoms with Gasteiger partial charge in [-0.3, -0.25) is 4.90 Å². The molecular formula is C22H22ClN3O. The molecule has 0 N–H and O–H groups in total. The van der Waals surface area contributed by atoms with Gasteiger partial charge in [-0.25, -0.2) is 0 Å². The monoisotopic (exact) mass is 379 g/mol. The van der Waals surface area contributed by atoms with E-state index in [1.807, 2.05) is 42.5 Å². The maximum Gasteiger partial charge on any atom is 0.232 e. The lowest BCUT2D eigenvalue weighted by Crippen LogP contribution is -2.44. The normalized spacial score (nSPS) is 27.8. The minimum Gasteiger partial charge on any atom is -0.339 e. The Morgan fingerprint density at radius 3 is 2.59 bits per heavy atom. The quantitative estimate of drug-likeness (QED) is 0.633. The van der Waals surface area contributed by atoms with Crippen LogP contribution in [-0.4, -0.2) is 34.2 Å². The first-order valence-corrected chi connectivity index (χ1v) is 9.95. The third-order valence-corrected chi connectivity index (χ3v) is 6.58. The Morgan fingerprint density at radius 2 is 1.81 bits per heavy atom. The average molecular weight is 380 g/mol. The lowest BCUT2D eigenvalue weighted by Gasteiger charge is -2.41. The number of rotatable bonds is 3. The summed E-state index contributed by atoms with van der Waals surface area (Å²) in [4.78, 5) is 7.34. The Bertz CT molecular complexity index is 924. The molecule has 4 nitrogen and oxygen atoms in total. The van der Waals surface area contributed by atoms with E-state index in [9.17, 15) is 0 Å². The average Bonchev–Trinajstić information content (AvgIpc) is 3.26. The summed E-state index contributed by atoms with van der Waals surface area (Å²) >= 11 is 6.12. The summed E-state index contributed by atoms with van der Waals surface area (Å²) in [7, 11) is 2.24. The van der Waals surface area contributed by atoms with Crippen LogP contribution in [0.3, 0.4) is 0 Å². The molecule has 0 amide bonds. The highest BCUT2D eigenvalue weighted by Crippen LogP contribution is 2.50. The summed E-state index contributed by atoms with van der Waals surface area (Å²) in [5, 5.41) is 5.06. The molecule has 2 aliphatic rings. The van der Waals surface area contributed by atoms with Crippen LogP contribution in [-0.2, 0) is 0 Å². The molecule has 0 aliphatic carbocycles. The number of fused-ring (bicyclic) bond motifs is 2. The fourth-order valence-electron chi connectivity index (χ4n) is 4.93. The Morgan fingerprint density at radius 1 is 1.04 bits per heavy atom. The molecule has 27 heavy (non-hydrogen) atoms. The number of hydrogen-bond acceptors (Lipinski definition) is 4. The molecule has 2 fully saturated rings. The molecule has 4 atom stereocenters. The van der Waals surface area contributed by atoms with Crippen LogP contribution < -0.4 is 0 Å². The van der Waals surface area contributed by atoms with Gasteiger partial charge in [0.25, 0.3) is 0 Å². The summed E-state index contributed by atoms with van der Waals surface area (Å²) in [5.74, 6) is 2.01. The molecule has 5 rings (SSSR count). The van der Waals surface area contributed by atoms with Crippen LogP contribution in [0.2, 0.25) is 5.02 Å². The van der Waals surface area contributed by atoms with Crippen LogP contribution in [0.5, 0.6) is 0 Å². The Labute approximate surface area is 164 Å². The van der Waals surface area contributed by atoms with Crippen molar-refractivity contribution in [3.63, 3.8) is 0 Å². The number of halogens is 1. The number of nitrogens with zero attached hydrogens (tertiary/aromatic N) is 3. The number of hydrogen-bond donors (Lipinski definition) is 0. The van der Waals surface area contributed by atoms with E-state index >= 15 is 0 Å². The zero-order valence-corrected chi connectivity index (χ0v) is 16.0. The van der Waals surface area contributed by atoms with E-state index in [2.05, 4.69) is 29.2 Å². The number of aromatic nitrogens is 2. The standard InChI is InChI=1S/C22H22ClN3O/c1-26-17-11-12-19(26)20(18(13-17)14-7-9-16(23)10-8-14)22-24-21(25-27-22)15-5-3-2-4-6-15/h2-10,17-20H,11-13H2,1H3/t17-,18+,19+,20-/m0/s1. The van der Waals surface area contributed by atoms with Gasteiger partial charge in [-0.2, -0.15) is 4.98 Å². The molecule has 5 heteroatoms. The number of likely N-dealkylation sites (N-methyl/N-ethyl adjacent to an activating group) is 1. The minimum absolute atomic E-state index is 0.208. The Balaban J connectivity index is 1.54. The fourth-order valence-corrected chi connectivity index (χ4v) is 5.06. The highest BCUT2D eigenvalue weighted by molar-refractivity contribution is 6.30. The van der Waals surface area contributed by atoms with Gasteiger partial charge >= 0.3 is 0 Å². The molecule has 0 unspecified atom stereocenters. The summed E-state index contributed by atoms with van der Waals surface area (Å²) in [6, 6.07) is 19.4.